The van der Waals surface area contributed by atoms with Crippen LogP contribution in [0.5, 0.6) is 11.5 Å². The first-order chi connectivity index (χ1) is 27.9. The molecule has 6 rings (SSSR count). The number of carbonyl (C=O) groups is 4. The molecule has 7 heteroatoms. The summed E-state index contributed by atoms with van der Waals surface area (Å²) >= 11 is 0. The highest BCUT2D eigenvalue weighted by molar-refractivity contribution is 7.96. The van der Waals surface area contributed by atoms with Crippen molar-refractivity contribution < 1.29 is 23.9 Å². The molecule has 0 fully saturated rings. The van der Waals surface area contributed by atoms with Crippen LogP contribution in [0.3, 0.4) is 0 Å². The summed E-state index contributed by atoms with van der Waals surface area (Å²) < 4.78 is 6.89. The van der Waals surface area contributed by atoms with Crippen molar-refractivity contribution in [3.05, 3.63) is 186 Å². The van der Waals surface area contributed by atoms with E-state index in [1.54, 1.807) is 24.3 Å². The molecule has 6 aromatic carbocycles. The zero-order chi connectivity index (χ0) is 43.0. The molecule has 0 aliphatic heterocycles. The molecule has 0 aromatic heterocycles. The van der Waals surface area contributed by atoms with Gasteiger partial charge in [0, 0.05) is 32.9 Å². The van der Waals surface area contributed by atoms with Crippen LogP contribution in [-0.4, -0.2) is 22.1 Å². The molecule has 0 aliphatic carbocycles. The summed E-state index contributed by atoms with van der Waals surface area (Å²) in [6.07, 6.45) is 0. The van der Waals surface area contributed by atoms with Gasteiger partial charge in [-0.2, -0.15) is 0 Å². The molecule has 0 radical (unpaired) electrons. The van der Waals surface area contributed by atoms with Crippen LogP contribution >= 0.6 is 15.8 Å². The van der Waals surface area contributed by atoms with Gasteiger partial charge >= 0.3 is 0 Å². The lowest BCUT2D eigenvalue weighted by Gasteiger charge is -2.25. The van der Waals surface area contributed by atoms with E-state index in [0.29, 0.717) is 44.4 Å². The Hall–Kier alpha value is -5.34. The highest BCUT2D eigenvalue weighted by atomic mass is 31.1. The van der Waals surface area contributed by atoms with Crippen molar-refractivity contribution in [1.29, 1.82) is 0 Å². The molecule has 0 heterocycles. The number of rotatable bonds is 12. The van der Waals surface area contributed by atoms with E-state index in [0.717, 1.165) is 66.8 Å². The zero-order valence-corrected chi connectivity index (χ0v) is 38.0. The second-order valence-corrected chi connectivity index (χ2v) is 20.0. The molecule has 0 saturated heterocycles. The fourth-order valence-electron chi connectivity index (χ4n) is 8.71. The second kappa shape index (κ2) is 17.5. The number of hydrogen-bond acceptors (Lipinski definition) is 5. The van der Waals surface area contributed by atoms with Crippen molar-refractivity contribution in [2.75, 3.05) is 0 Å². The maximum absolute atomic E-state index is 15.1. The topological polar surface area (TPSA) is 77.5 Å². The van der Waals surface area contributed by atoms with Gasteiger partial charge in [0.05, 0.1) is 15.8 Å². The largest absolute Gasteiger partial charge is 0.456 e. The first kappa shape index (κ1) is 43.2. The summed E-state index contributed by atoms with van der Waals surface area (Å²) in [5.41, 5.74) is 11.7. The van der Waals surface area contributed by atoms with Crippen LogP contribution in [0.25, 0.3) is 0 Å². The van der Waals surface area contributed by atoms with Crippen LogP contribution in [0.15, 0.2) is 97.1 Å². The Kier molecular flexibility index (Phi) is 12.8. The monoisotopic (exact) mass is 818 g/mol. The van der Waals surface area contributed by atoms with Crippen molar-refractivity contribution >= 4 is 48.5 Å². The predicted molar refractivity (Wildman–Crippen MR) is 246 cm³/mol. The van der Waals surface area contributed by atoms with E-state index in [-0.39, 0.29) is 22.1 Å². The smallest absolute Gasteiger partial charge is 0.197 e. The van der Waals surface area contributed by atoms with Gasteiger partial charge in [0.2, 0.25) is 0 Å². The zero-order valence-electron chi connectivity index (χ0n) is 36.2. The summed E-state index contributed by atoms with van der Waals surface area (Å²) in [6.45, 7) is 23.3. The summed E-state index contributed by atoms with van der Waals surface area (Å²) in [5.74, 6) is 0.635. The van der Waals surface area contributed by atoms with Crippen molar-refractivity contribution in [2.45, 2.75) is 83.1 Å². The highest BCUT2D eigenvalue weighted by Gasteiger charge is 2.38. The molecular weight excluding hydrogens is 767 g/mol. The minimum atomic E-state index is -2.21. The number of ether oxygens (including phenoxy) is 1. The maximum atomic E-state index is 15.1. The standard InChI is InChI=1S/C52H52O5P2/c1-29-21-33(5)45(34(6)22-29)49(53)58(50(54)46-35(7)23-30(2)24-36(46)8)43-19-15-13-17-41(43)57-42-18-14-16-20-44(42)59(51(55)47-37(9)25-31(3)26-38(47)10)52(56)48-39(11)27-32(4)28-40(48)12/h13-28H,1-12H3. The van der Waals surface area contributed by atoms with Gasteiger partial charge in [-0.3, -0.25) is 19.2 Å². The SMILES string of the molecule is Cc1cc(C)c(C(=O)P(C(=O)c2c(C)cc(C)cc2C)c2ccccc2Oc2ccccc2P(C(=O)c2c(C)cc(C)cc2C)C(=O)c2c(C)cc(C)cc2C)c(C)c1. The number of aryl methyl sites for hydroxylation is 12. The average molecular weight is 819 g/mol. The van der Waals surface area contributed by atoms with Crippen molar-refractivity contribution in [1.82, 2.24) is 0 Å². The van der Waals surface area contributed by atoms with E-state index in [2.05, 4.69) is 0 Å². The van der Waals surface area contributed by atoms with E-state index in [4.69, 9.17) is 4.74 Å². The third-order valence-electron chi connectivity index (χ3n) is 10.8. The molecule has 0 aliphatic rings. The minimum Gasteiger partial charge on any atom is -0.456 e. The van der Waals surface area contributed by atoms with E-state index in [1.807, 2.05) is 156 Å². The fourth-order valence-corrected chi connectivity index (χ4v) is 13.4. The maximum Gasteiger partial charge on any atom is 0.197 e. The summed E-state index contributed by atoms with van der Waals surface area (Å²) in [4.78, 5) is 60.5. The van der Waals surface area contributed by atoms with E-state index < -0.39 is 15.8 Å². The molecule has 5 nitrogen and oxygen atoms in total. The summed E-state index contributed by atoms with van der Waals surface area (Å²) in [7, 11) is -4.42. The van der Waals surface area contributed by atoms with Crippen LogP contribution in [-0.2, 0) is 0 Å². The summed E-state index contributed by atoms with van der Waals surface area (Å²) in [5, 5.41) is 0.923. The third-order valence-corrected chi connectivity index (χ3v) is 15.0. The quantitative estimate of drug-likeness (QED) is 0.115. The van der Waals surface area contributed by atoms with E-state index in [1.165, 1.54) is 0 Å². The van der Waals surface area contributed by atoms with Crippen molar-refractivity contribution in [3.8, 4) is 11.5 Å². The Morgan fingerprint density at radius 2 is 0.542 bits per heavy atom. The highest BCUT2D eigenvalue weighted by Crippen LogP contribution is 2.50. The van der Waals surface area contributed by atoms with Gasteiger partial charge < -0.3 is 4.74 Å². The molecule has 0 N–H and O–H groups in total. The Balaban J connectivity index is 1.56. The molecule has 6 aromatic rings. The van der Waals surface area contributed by atoms with Gasteiger partial charge in [0.15, 0.2) is 22.1 Å². The Bertz CT molecular complexity index is 2290. The van der Waals surface area contributed by atoms with Crippen LogP contribution in [0.4, 0.5) is 0 Å². The van der Waals surface area contributed by atoms with Gasteiger partial charge in [0.25, 0.3) is 0 Å². The Morgan fingerprint density at radius 3 is 0.763 bits per heavy atom. The number of carbonyl (C=O) groups excluding carboxylic acids is 4. The molecular formula is C52H52O5P2. The lowest BCUT2D eigenvalue weighted by molar-refractivity contribution is 0.103. The van der Waals surface area contributed by atoms with Crippen LogP contribution in [0, 0.1) is 83.1 Å². The normalized spacial score (nSPS) is 11.3. The Labute approximate surface area is 351 Å². The first-order valence-corrected chi connectivity index (χ1v) is 22.5. The molecule has 300 valence electrons. The van der Waals surface area contributed by atoms with Gasteiger partial charge in [0.1, 0.15) is 11.5 Å². The Morgan fingerprint density at radius 1 is 0.339 bits per heavy atom. The minimum absolute atomic E-state index is 0.257. The molecule has 0 atom stereocenters. The van der Waals surface area contributed by atoms with Gasteiger partial charge in [-0.15, -0.1) is 0 Å². The fraction of sp³-hybridized carbons (Fsp3) is 0.231. The number of benzene rings is 6. The molecule has 0 saturated carbocycles. The molecule has 0 amide bonds. The van der Waals surface area contributed by atoms with Crippen LogP contribution < -0.4 is 15.3 Å². The van der Waals surface area contributed by atoms with Gasteiger partial charge in [-0.05, 0) is 152 Å². The lowest BCUT2D eigenvalue weighted by Crippen LogP contribution is -2.22. The summed E-state index contributed by atoms with van der Waals surface area (Å²) in [6, 6.07) is 30.2. The predicted octanol–water partition coefficient (Wildman–Crippen LogP) is 12.8. The van der Waals surface area contributed by atoms with E-state index >= 15 is 19.2 Å². The van der Waals surface area contributed by atoms with Gasteiger partial charge in [-0.25, -0.2) is 0 Å². The van der Waals surface area contributed by atoms with Gasteiger partial charge in [-0.1, -0.05) is 95.1 Å². The van der Waals surface area contributed by atoms with Crippen LogP contribution in [0.2, 0.25) is 0 Å². The number of hydrogen-bond donors (Lipinski definition) is 0. The third kappa shape index (κ3) is 8.70. The molecule has 0 spiro atoms. The average Bonchev–Trinajstić information content (AvgIpc) is 3.11. The molecule has 0 bridgehead atoms. The van der Waals surface area contributed by atoms with Crippen molar-refractivity contribution in [2.24, 2.45) is 0 Å². The van der Waals surface area contributed by atoms with Crippen LogP contribution in [0.1, 0.15) is 108 Å². The molecule has 0 unspecified atom stereocenters. The second-order valence-electron chi connectivity index (χ2n) is 16.0. The molecule has 59 heavy (non-hydrogen) atoms. The van der Waals surface area contributed by atoms with E-state index in [9.17, 15) is 0 Å². The lowest BCUT2D eigenvalue weighted by atomic mass is 10.0. The first-order valence-electron chi connectivity index (χ1n) is 19.8. The van der Waals surface area contributed by atoms with Crippen molar-refractivity contribution in [3.63, 3.8) is 0 Å². The number of para-hydroxylation sites is 2.